The maximum absolute atomic E-state index is 12.1. The first kappa shape index (κ1) is 14.6. The molecule has 0 aromatic heterocycles. The van der Waals surface area contributed by atoms with Crippen LogP contribution in [-0.4, -0.2) is 29.2 Å². The number of carbonyl (C=O) groups is 1. The van der Waals surface area contributed by atoms with Crippen LogP contribution in [0.1, 0.15) is 6.42 Å². The third-order valence-electron chi connectivity index (χ3n) is 2.04. The Bertz CT molecular complexity index is 481. The highest BCUT2D eigenvalue weighted by Crippen LogP contribution is 2.31. The van der Waals surface area contributed by atoms with Gasteiger partial charge in [0.25, 0.3) is 0 Å². The molecular weight excluding hydrogens is 266 g/mol. The van der Waals surface area contributed by atoms with E-state index in [4.69, 9.17) is 5.11 Å². The van der Waals surface area contributed by atoms with E-state index in [9.17, 15) is 23.7 Å². The lowest BCUT2D eigenvalue weighted by atomic mass is 10.2. The van der Waals surface area contributed by atoms with E-state index >= 15 is 0 Å². The molecule has 0 amide bonds. The Morgan fingerprint density at radius 2 is 2.21 bits per heavy atom. The summed E-state index contributed by atoms with van der Waals surface area (Å²) in [6.07, 6.45) is -0.179. The molecule has 0 aliphatic rings. The Labute approximate surface area is 105 Å². The summed E-state index contributed by atoms with van der Waals surface area (Å²) in [4.78, 5) is 20.0. The SMILES string of the molecule is O=C(O)CCNc1ccc([N+](=O)[O-])c(OC(F)F)c1. The number of nitrogens with one attached hydrogen (secondary N) is 1. The Morgan fingerprint density at radius 1 is 1.53 bits per heavy atom. The number of benzene rings is 1. The maximum atomic E-state index is 12.1. The van der Waals surface area contributed by atoms with E-state index in [0.29, 0.717) is 0 Å². The van der Waals surface area contributed by atoms with E-state index in [1.165, 1.54) is 6.07 Å². The van der Waals surface area contributed by atoms with Gasteiger partial charge in [0.15, 0.2) is 0 Å². The van der Waals surface area contributed by atoms with Gasteiger partial charge >= 0.3 is 18.3 Å². The summed E-state index contributed by atoms with van der Waals surface area (Å²) in [5, 5.41) is 21.7. The molecule has 0 aliphatic heterocycles. The molecule has 0 saturated heterocycles. The van der Waals surface area contributed by atoms with Crippen molar-refractivity contribution >= 4 is 17.3 Å². The second-order valence-corrected chi connectivity index (χ2v) is 3.39. The van der Waals surface area contributed by atoms with Crippen LogP contribution in [-0.2, 0) is 4.79 Å². The van der Waals surface area contributed by atoms with Gasteiger partial charge in [-0.25, -0.2) is 0 Å². The highest BCUT2D eigenvalue weighted by atomic mass is 19.3. The van der Waals surface area contributed by atoms with Gasteiger partial charge in [-0.1, -0.05) is 0 Å². The molecule has 0 heterocycles. The summed E-state index contributed by atoms with van der Waals surface area (Å²) in [7, 11) is 0. The van der Waals surface area contributed by atoms with Crippen LogP contribution in [0.5, 0.6) is 5.75 Å². The molecule has 0 unspecified atom stereocenters. The lowest BCUT2D eigenvalue weighted by molar-refractivity contribution is -0.386. The predicted molar refractivity (Wildman–Crippen MR) is 60.5 cm³/mol. The molecule has 9 heteroatoms. The van der Waals surface area contributed by atoms with Crippen molar-refractivity contribution in [1.82, 2.24) is 0 Å². The summed E-state index contributed by atoms with van der Waals surface area (Å²) in [6, 6.07) is 3.30. The average molecular weight is 276 g/mol. The second-order valence-electron chi connectivity index (χ2n) is 3.39. The van der Waals surface area contributed by atoms with Crippen molar-refractivity contribution < 1.29 is 28.3 Å². The summed E-state index contributed by atoms with van der Waals surface area (Å²) < 4.78 is 28.3. The van der Waals surface area contributed by atoms with Crippen molar-refractivity contribution in [3.63, 3.8) is 0 Å². The number of hydrogen-bond acceptors (Lipinski definition) is 5. The normalized spacial score (nSPS) is 10.3. The standard InChI is InChI=1S/C10H10F2N2O5/c11-10(12)19-8-5-6(13-4-3-9(15)16)1-2-7(8)14(17)18/h1-2,5,10,13H,3-4H2,(H,15,16). The molecule has 1 aromatic carbocycles. The second kappa shape index (κ2) is 6.47. The number of aliphatic carboxylic acids is 1. The van der Waals surface area contributed by atoms with Crippen LogP contribution in [0.3, 0.4) is 0 Å². The quantitative estimate of drug-likeness (QED) is 0.584. The Hall–Kier alpha value is -2.45. The lowest BCUT2D eigenvalue weighted by Crippen LogP contribution is -2.09. The molecule has 0 bridgehead atoms. The largest absolute Gasteiger partial charge is 0.481 e. The van der Waals surface area contributed by atoms with Crippen LogP contribution < -0.4 is 10.1 Å². The number of nitrogens with zero attached hydrogens (tertiary/aromatic N) is 1. The molecule has 1 aromatic rings. The smallest absolute Gasteiger partial charge is 0.387 e. The van der Waals surface area contributed by atoms with Gasteiger partial charge in [0.1, 0.15) is 0 Å². The van der Waals surface area contributed by atoms with Gasteiger partial charge in [-0.2, -0.15) is 8.78 Å². The number of halogens is 2. The zero-order chi connectivity index (χ0) is 14.4. The van der Waals surface area contributed by atoms with Gasteiger partial charge in [0.2, 0.25) is 5.75 Å². The van der Waals surface area contributed by atoms with E-state index < -0.39 is 28.9 Å². The maximum Gasteiger partial charge on any atom is 0.387 e. The average Bonchev–Trinajstić information content (AvgIpc) is 2.27. The number of ether oxygens (including phenoxy) is 1. The number of anilines is 1. The van der Waals surface area contributed by atoms with Crippen LogP contribution in [0, 0.1) is 10.1 Å². The first-order chi connectivity index (χ1) is 8.90. The van der Waals surface area contributed by atoms with Crippen molar-refractivity contribution in [2.75, 3.05) is 11.9 Å². The fourth-order valence-electron chi connectivity index (χ4n) is 1.28. The van der Waals surface area contributed by atoms with Crippen LogP contribution in [0.4, 0.5) is 20.2 Å². The van der Waals surface area contributed by atoms with Gasteiger partial charge in [-0.05, 0) is 6.07 Å². The summed E-state index contributed by atoms with van der Waals surface area (Å²) in [5.41, 5.74) is -0.341. The number of carboxylic acid groups (broad SMARTS) is 1. The van der Waals surface area contributed by atoms with Crippen molar-refractivity contribution in [2.24, 2.45) is 0 Å². The van der Waals surface area contributed by atoms with E-state index in [0.717, 1.165) is 12.1 Å². The number of nitro benzene ring substituents is 1. The minimum absolute atomic E-state index is 0.0568. The Kier molecular flexibility index (Phi) is 4.98. The van der Waals surface area contributed by atoms with Gasteiger partial charge in [-0.15, -0.1) is 0 Å². The number of alkyl halides is 2. The summed E-state index contributed by atoms with van der Waals surface area (Å²) in [5.74, 6) is -1.61. The molecule has 0 fully saturated rings. The predicted octanol–water partition coefficient (Wildman–Crippen LogP) is 2.08. The zero-order valence-corrected chi connectivity index (χ0v) is 9.51. The molecule has 1 rings (SSSR count). The number of hydrogen-bond donors (Lipinski definition) is 2. The molecule has 19 heavy (non-hydrogen) atoms. The minimum atomic E-state index is -3.19. The van der Waals surface area contributed by atoms with Crippen molar-refractivity contribution in [3.05, 3.63) is 28.3 Å². The molecule has 7 nitrogen and oxygen atoms in total. The van der Waals surface area contributed by atoms with Crippen molar-refractivity contribution in [2.45, 2.75) is 13.0 Å². The van der Waals surface area contributed by atoms with E-state index in [1.54, 1.807) is 0 Å². The number of nitro groups is 1. The third-order valence-corrected chi connectivity index (χ3v) is 2.04. The van der Waals surface area contributed by atoms with E-state index in [2.05, 4.69) is 10.1 Å². The van der Waals surface area contributed by atoms with Gasteiger partial charge in [-0.3, -0.25) is 14.9 Å². The fraction of sp³-hybridized carbons (Fsp3) is 0.300. The van der Waals surface area contributed by atoms with Crippen molar-refractivity contribution in [3.8, 4) is 5.75 Å². The number of carboxylic acids is 1. The van der Waals surface area contributed by atoms with Crippen LogP contribution in [0.25, 0.3) is 0 Å². The monoisotopic (exact) mass is 276 g/mol. The number of rotatable bonds is 7. The highest BCUT2D eigenvalue weighted by molar-refractivity contribution is 5.67. The Balaban J connectivity index is 2.85. The summed E-state index contributed by atoms with van der Waals surface area (Å²) in [6.45, 7) is -3.13. The lowest BCUT2D eigenvalue weighted by Gasteiger charge is -2.09. The first-order valence-electron chi connectivity index (χ1n) is 5.09. The zero-order valence-electron chi connectivity index (χ0n) is 9.51. The van der Waals surface area contributed by atoms with Crippen LogP contribution >= 0.6 is 0 Å². The van der Waals surface area contributed by atoms with Crippen LogP contribution in [0.2, 0.25) is 0 Å². The molecule has 0 atom stereocenters. The summed E-state index contributed by atoms with van der Waals surface area (Å²) >= 11 is 0. The molecule has 0 saturated carbocycles. The minimum Gasteiger partial charge on any atom is -0.481 e. The molecule has 0 radical (unpaired) electrons. The third kappa shape index (κ3) is 4.74. The first-order valence-corrected chi connectivity index (χ1v) is 5.09. The molecule has 2 N–H and O–H groups in total. The molecular formula is C10H10F2N2O5. The van der Waals surface area contributed by atoms with E-state index in [-0.39, 0.29) is 18.7 Å². The van der Waals surface area contributed by atoms with Gasteiger partial charge in [0.05, 0.1) is 11.3 Å². The molecule has 0 aliphatic carbocycles. The van der Waals surface area contributed by atoms with Gasteiger partial charge < -0.3 is 15.2 Å². The fourth-order valence-corrected chi connectivity index (χ4v) is 1.28. The van der Waals surface area contributed by atoms with Gasteiger partial charge in [0, 0.05) is 24.4 Å². The van der Waals surface area contributed by atoms with Crippen LogP contribution in [0.15, 0.2) is 18.2 Å². The topological polar surface area (TPSA) is 102 Å². The molecule has 104 valence electrons. The van der Waals surface area contributed by atoms with E-state index in [1.807, 2.05) is 0 Å². The Morgan fingerprint density at radius 3 is 2.74 bits per heavy atom. The van der Waals surface area contributed by atoms with Crippen molar-refractivity contribution in [1.29, 1.82) is 0 Å². The highest BCUT2D eigenvalue weighted by Gasteiger charge is 2.18. The molecule has 0 spiro atoms.